The predicted octanol–water partition coefficient (Wildman–Crippen LogP) is 8.25. The van der Waals surface area contributed by atoms with Crippen molar-refractivity contribution in [1.82, 2.24) is 5.43 Å². The number of nitrogens with one attached hydrogen (secondary N) is 2. The van der Waals surface area contributed by atoms with E-state index in [1.807, 2.05) is 0 Å². The second-order valence-electron chi connectivity index (χ2n) is 7.25. The molecule has 1 amide bonds. The summed E-state index contributed by atoms with van der Waals surface area (Å²) in [4.78, 5) is 11.9. The van der Waals surface area contributed by atoms with Crippen molar-refractivity contribution in [2.45, 2.75) is 84.0 Å². The van der Waals surface area contributed by atoms with Crippen LogP contribution in [0, 0.1) is 0 Å². The molecule has 0 heterocycles. The van der Waals surface area contributed by atoms with Crippen LogP contribution < -0.4 is 10.9 Å². The van der Waals surface area contributed by atoms with Crippen molar-refractivity contribution in [3.63, 3.8) is 0 Å². The lowest BCUT2D eigenvalue weighted by molar-refractivity contribution is -0.120. The second-order valence-corrected chi connectivity index (χ2v) is 8.06. The Morgan fingerprint density at radius 3 is 2.10 bits per heavy atom. The number of hydrogen-bond acceptors (Lipinski definition) is 2. The average Bonchev–Trinajstić information content (AvgIpc) is 2.70. The molecule has 1 rings (SSSR count). The topological polar surface area (TPSA) is 41.1 Å². The highest BCUT2D eigenvalue weighted by Gasteiger charge is 2.06. The van der Waals surface area contributed by atoms with Gasteiger partial charge in [0.2, 0.25) is 5.91 Å². The van der Waals surface area contributed by atoms with Crippen LogP contribution in [0.2, 0.25) is 10.0 Å². The molecule has 0 saturated carbocycles. The molecule has 162 valence electrons. The van der Waals surface area contributed by atoms with E-state index < -0.39 is 0 Å². The van der Waals surface area contributed by atoms with Gasteiger partial charge in [0.25, 0.3) is 0 Å². The summed E-state index contributed by atoms with van der Waals surface area (Å²) in [5.41, 5.74) is 6.00. The van der Waals surface area contributed by atoms with Gasteiger partial charge in [0, 0.05) is 6.42 Å². The number of carbonyl (C=O) groups excluding carboxylic acids is 1. The van der Waals surface area contributed by atoms with Gasteiger partial charge in [-0.05, 0) is 50.7 Å². The van der Waals surface area contributed by atoms with Crippen molar-refractivity contribution in [2.24, 2.45) is 0 Å². The zero-order chi connectivity index (χ0) is 21.2. The Bertz CT molecular complexity index is 609. The van der Waals surface area contributed by atoms with Crippen molar-refractivity contribution >= 4 is 34.8 Å². The van der Waals surface area contributed by atoms with Gasteiger partial charge in [-0.1, -0.05) is 92.6 Å². The first kappa shape index (κ1) is 25.6. The molecule has 0 atom stereocenters. The smallest absolute Gasteiger partial charge is 0.238 e. The molecule has 0 aliphatic heterocycles. The summed E-state index contributed by atoms with van der Waals surface area (Å²) in [5, 5.41) is 0.963. The summed E-state index contributed by atoms with van der Waals surface area (Å²) in [7, 11) is 0. The van der Waals surface area contributed by atoms with Gasteiger partial charge in [0.15, 0.2) is 0 Å². The van der Waals surface area contributed by atoms with Crippen LogP contribution >= 0.6 is 23.2 Å². The number of hydrazine groups is 1. The average molecular weight is 439 g/mol. The van der Waals surface area contributed by atoms with Gasteiger partial charge in [-0.3, -0.25) is 15.6 Å². The predicted molar refractivity (Wildman–Crippen MR) is 128 cm³/mol. The molecule has 5 heteroatoms. The van der Waals surface area contributed by atoms with Crippen LogP contribution in [0.25, 0.3) is 0 Å². The third-order valence-electron chi connectivity index (χ3n) is 4.64. The third-order valence-corrected chi connectivity index (χ3v) is 5.27. The van der Waals surface area contributed by atoms with Gasteiger partial charge >= 0.3 is 0 Å². The van der Waals surface area contributed by atoms with E-state index in [-0.39, 0.29) is 5.91 Å². The summed E-state index contributed by atoms with van der Waals surface area (Å²) in [6.07, 6.45) is 22.5. The van der Waals surface area contributed by atoms with E-state index in [1.165, 1.54) is 44.9 Å². The van der Waals surface area contributed by atoms with Crippen molar-refractivity contribution in [1.29, 1.82) is 0 Å². The molecule has 3 nitrogen and oxygen atoms in total. The molecule has 0 unspecified atom stereocenters. The van der Waals surface area contributed by atoms with Crippen molar-refractivity contribution in [3.05, 3.63) is 52.5 Å². The fourth-order valence-electron chi connectivity index (χ4n) is 2.91. The lowest BCUT2D eigenvalue weighted by Crippen LogP contribution is -2.29. The highest BCUT2D eigenvalue weighted by molar-refractivity contribution is 6.39. The SMILES string of the molecule is CCCCCC=CCC=CCCCCCCCC(=O)NNc1c(Cl)cccc1Cl. The molecule has 0 spiro atoms. The Kier molecular flexibility index (Phi) is 15.4. The molecule has 0 radical (unpaired) electrons. The zero-order valence-electron chi connectivity index (χ0n) is 17.7. The summed E-state index contributed by atoms with van der Waals surface area (Å²) in [6, 6.07) is 5.21. The second kappa shape index (κ2) is 17.4. The maximum absolute atomic E-state index is 11.9. The van der Waals surface area contributed by atoms with Gasteiger partial charge in [-0.25, -0.2) is 0 Å². The molecule has 0 fully saturated rings. The number of para-hydroxylation sites is 1. The molecule has 1 aromatic rings. The maximum Gasteiger partial charge on any atom is 0.238 e. The van der Waals surface area contributed by atoms with Gasteiger partial charge in [0.1, 0.15) is 0 Å². The molecule has 2 N–H and O–H groups in total. The molecule has 0 aliphatic rings. The van der Waals surface area contributed by atoms with Crippen LogP contribution in [-0.4, -0.2) is 5.91 Å². The Morgan fingerprint density at radius 1 is 0.862 bits per heavy atom. The Hall–Kier alpha value is -1.45. The van der Waals surface area contributed by atoms with Crippen LogP contribution in [0.15, 0.2) is 42.5 Å². The lowest BCUT2D eigenvalue weighted by Gasteiger charge is -2.11. The highest BCUT2D eigenvalue weighted by Crippen LogP contribution is 2.28. The Labute approximate surface area is 186 Å². The number of rotatable bonds is 16. The summed E-state index contributed by atoms with van der Waals surface area (Å²) in [5.74, 6) is -0.0494. The molecule has 0 bridgehead atoms. The van der Waals surface area contributed by atoms with Crippen LogP contribution in [0.5, 0.6) is 0 Å². The lowest BCUT2D eigenvalue weighted by atomic mass is 10.1. The maximum atomic E-state index is 11.9. The van der Waals surface area contributed by atoms with Crippen molar-refractivity contribution in [3.8, 4) is 0 Å². The number of allylic oxidation sites excluding steroid dienone is 4. The van der Waals surface area contributed by atoms with Crippen molar-refractivity contribution < 1.29 is 4.79 Å². The van der Waals surface area contributed by atoms with Gasteiger partial charge in [0.05, 0.1) is 15.7 Å². The highest BCUT2D eigenvalue weighted by atomic mass is 35.5. The van der Waals surface area contributed by atoms with Crippen LogP contribution in [0.1, 0.15) is 84.0 Å². The van der Waals surface area contributed by atoms with E-state index in [1.54, 1.807) is 18.2 Å². The summed E-state index contributed by atoms with van der Waals surface area (Å²) >= 11 is 12.1. The molecule has 0 aromatic heterocycles. The van der Waals surface area contributed by atoms with E-state index in [0.717, 1.165) is 25.7 Å². The van der Waals surface area contributed by atoms with E-state index >= 15 is 0 Å². The number of halogens is 2. The number of anilines is 1. The van der Waals surface area contributed by atoms with Crippen LogP contribution in [-0.2, 0) is 4.79 Å². The van der Waals surface area contributed by atoms with E-state index in [0.29, 0.717) is 22.2 Å². The first-order chi connectivity index (χ1) is 14.1. The molecule has 29 heavy (non-hydrogen) atoms. The minimum atomic E-state index is -0.0494. The molecule has 0 aliphatic carbocycles. The first-order valence-corrected chi connectivity index (χ1v) is 11.7. The Balaban J connectivity index is 1.95. The number of hydrogen-bond donors (Lipinski definition) is 2. The summed E-state index contributed by atoms with van der Waals surface area (Å²) in [6.45, 7) is 2.24. The van der Waals surface area contributed by atoms with E-state index in [4.69, 9.17) is 23.2 Å². The van der Waals surface area contributed by atoms with Crippen LogP contribution in [0.3, 0.4) is 0 Å². The number of benzene rings is 1. The quantitative estimate of drug-likeness (QED) is 0.155. The fourth-order valence-corrected chi connectivity index (χ4v) is 3.40. The molecular weight excluding hydrogens is 403 g/mol. The molecule has 1 aromatic carbocycles. The van der Waals surface area contributed by atoms with Crippen molar-refractivity contribution in [2.75, 3.05) is 5.43 Å². The normalized spacial score (nSPS) is 11.4. The standard InChI is InChI=1S/C24H36Cl2N2O/c1-2-3-4-5-6-7-8-9-10-11-12-13-14-15-16-20-23(29)27-28-24-21(25)18-17-19-22(24)26/h6-7,9-10,17-19,28H,2-5,8,11-16,20H2,1H3,(H,27,29). The number of unbranched alkanes of at least 4 members (excludes halogenated alkanes) is 8. The first-order valence-electron chi connectivity index (χ1n) is 10.9. The summed E-state index contributed by atoms with van der Waals surface area (Å²) < 4.78 is 0. The van der Waals surface area contributed by atoms with E-state index in [2.05, 4.69) is 42.1 Å². The van der Waals surface area contributed by atoms with Crippen LogP contribution in [0.4, 0.5) is 5.69 Å². The minimum absolute atomic E-state index is 0.0494. The minimum Gasteiger partial charge on any atom is -0.296 e. The van der Waals surface area contributed by atoms with Gasteiger partial charge < -0.3 is 0 Å². The zero-order valence-corrected chi connectivity index (χ0v) is 19.2. The third kappa shape index (κ3) is 13.4. The Morgan fingerprint density at radius 2 is 1.45 bits per heavy atom. The van der Waals surface area contributed by atoms with Gasteiger partial charge in [-0.15, -0.1) is 0 Å². The largest absolute Gasteiger partial charge is 0.296 e. The number of carbonyl (C=O) groups is 1. The number of amides is 1. The van der Waals surface area contributed by atoms with Gasteiger partial charge in [-0.2, -0.15) is 0 Å². The monoisotopic (exact) mass is 438 g/mol. The van der Waals surface area contributed by atoms with E-state index in [9.17, 15) is 4.79 Å². The molecular formula is C24H36Cl2N2O. The molecule has 0 saturated heterocycles. The fraction of sp³-hybridized carbons (Fsp3) is 0.542.